The zero-order valence-corrected chi connectivity index (χ0v) is 11.9. The molecule has 20 heavy (non-hydrogen) atoms. The Hall–Kier alpha value is -1.68. The molecule has 1 aliphatic carbocycles. The third-order valence-corrected chi connectivity index (χ3v) is 3.99. The molecule has 4 nitrogen and oxygen atoms in total. The highest BCUT2D eigenvalue weighted by atomic mass is 16.5. The van der Waals surface area contributed by atoms with E-state index >= 15 is 0 Å². The van der Waals surface area contributed by atoms with E-state index < -0.39 is 0 Å². The standard InChI is InChI=1S/C16H21N3O/c1-2-17-14-10-6-9-13(14)16-18-15(19-20-16)11-12-7-4-3-5-8-12/h3-5,7-8,13-14,17H,2,6,9-11H2,1H3. The summed E-state index contributed by atoms with van der Waals surface area (Å²) < 4.78 is 5.50. The minimum atomic E-state index is 0.381. The molecule has 2 atom stereocenters. The molecule has 1 aromatic heterocycles. The zero-order chi connectivity index (χ0) is 13.8. The first-order chi connectivity index (χ1) is 9.86. The second-order valence-electron chi connectivity index (χ2n) is 5.41. The molecule has 2 unspecified atom stereocenters. The third-order valence-electron chi connectivity index (χ3n) is 3.99. The van der Waals surface area contributed by atoms with E-state index in [-0.39, 0.29) is 0 Å². The first-order valence-electron chi connectivity index (χ1n) is 7.46. The number of nitrogens with one attached hydrogen (secondary N) is 1. The number of benzene rings is 1. The summed E-state index contributed by atoms with van der Waals surface area (Å²) in [5, 5.41) is 7.66. The summed E-state index contributed by atoms with van der Waals surface area (Å²) in [7, 11) is 0. The summed E-state index contributed by atoms with van der Waals surface area (Å²) in [6, 6.07) is 10.8. The van der Waals surface area contributed by atoms with Crippen LogP contribution >= 0.6 is 0 Å². The van der Waals surface area contributed by atoms with E-state index in [9.17, 15) is 0 Å². The van der Waals surface area contributed by atoms with Crippen LogP contribution in [0.4, 0.5) is 0 Å². The van der Waals surface area contributed by atoms with Crippen molar-refractivity contribution in [3.63, 3.8) is 0 Å². The first kappa shape index (κ1) is 13.3. The predicted octanol–water partition coefficient (Wildman–Crippen LogP) is 2.91. The van der Waals surface area contributed by atoms with Crippen LogP contribution in [-0.2, 0) is 6.42 Å². The molecular weight excluding hydrogens is 250 g/mol. The lowest BCUT2D eigenvalue weighted by atomic mass is 10.0. The van der Waals surface area contributed by atoms with Gasteiger partial charge in [-0.05, 0) is 24.9 Å². The number of hydrogen-bond donors (Lipinski definition) is 1. The van der Waals surface area contributed by atoms with Crippen LogP contribution in [0.5, 0.6) is 0 Å². The van der Waals surface area contributed by atoms with Gasteiger partial charge in [0.1, 0.15) is 0 Å². The molecule has 0 saturated heterocycles. The van der Waals surface area contributed by atoms with Crippen molar-refractivity contribution in [1.82, 2.24) is 15.5 Å². The van der Waals surface area contributed by atoms with Crippen LogP contribution in [0.15, 0.2) is 34.9 Å². The van der Waals surface area contributed by atoms with Gasteiger partial charge in [0.15, 0.2) is 5.82 Å². The van der Waals surface area contributed by atoms with Gasteiger partial charge in [0.25, 0.3) is 0 Å². The Kier molecular flexibility index (Phi) is 4.11. The zero-order valence-electron chi connectivity index (χ0n) is 11.9. The van der Waals surface area contributed by atoms with Crippen LogP contribution in [0, 0.1) is 0 Å². The molecule has 1 saturated carbocycles. The Bertz CT molecular complexity index is 538. The molecule has 3 rings (SSSR count). The Labute approximate surface area is 119 Å². The van der Waals surface area contributed by atoms with Gasteiger partial charge in [-0.2, -0.15) is 4.98 Å². The molecule has 4 heteroatoms. The molecule has 0 bridgehead atoms. The fourth-order valence-electron chi connectivity index (χ4n) is 3.03. The van der Waals surface area contributed by atoms with Gasteiger partial charge in [-0.15, -0.1) is 0 Å². The van der Waals surface area contributed by atoms with E-state index in [0.29, 0.717) is 12.0 Å². The topological polar surface area (TPSA) is 51.0 Å². The highest BCUT2D eigenvalue weighted by Crippen LogP contribution is 2.33. The van der Waals surface area contributed by atoms with Crippen molar-refractivity contribution in [2.24, 2.45) is 0 Å². The fourth-order valence-corrected chi connectivity index (χ4v) is 3.03. The molecule has 1 fully saturated rings. The lowest BCUT2D eigenvalue weighted by Crippen LogP contribution is -2.31. The highest BCUT2D eigenvalue weighted by Gasteiger charge is 2.32. The maximum absolute atomic E-state index is 5.50. The molecule has 106 valence electrons. The minimum Gasteiger partial charge on any atom is -0.339 e. The number of hydrogen-bond acceptors (Lipinski definition) is 4. The summed E-state index contributed by atoms with van der Waals surface area (Å²) >= 11 is 0. The van der Waals surface area contributed by atoms with Crippen LogP contribution in [-0.4, -0.2) is 22.7 Å². The lowest BCUT2D eigenvalue weighted by Gasteiger charge is -2.16. The van der Waals surface area contributed by atoms with Gasteiger partial charge in [-0.3, -0.25) is 0 Å². The van der Waals surface area contributed by atoms with E-state index in [4.69, 9.17) is 4.52 Å². The molecule has 0 amide bonds. The Morgan fingerprint density at radius 3 is 2.90 bits per heavy atom. The molecule has 0 spiro atoms. The van der Waals surface area contributed by atoms with Crippen LogP contribution < -0.4 is 5.32 Å². The normalized spacial score (nSPS) is 22.2. The van der Waals surface area contributed by atoms with E-state index in [1.165, 1.54) is 18.4 Å². The van der Waals surface area contributed by atoms with Crippen LogP contribution in [0.1, 0.15) is 49.4 Å². The summed E-state index contributed by atoms with van der Waals surface area (Å²) in [5.41, 5.74) is 1.22. The van der Waals surface area contributed by atoms with Crippen molar-refractivity contribution in [2.75, 3.05) is 6.54 Å². The van der Waals surface area contributed by atoms with Crippen LogP contribution in [0.3, 0.4) is 0 Å². The van der Waals surface area contributed by atoms with Gasteiger partial charge >= 0.3 is 0 Å². The summed E-state index contributed by atoms with van der Waals surface area (Å²) in [5.74, 6) is 1.97. The largest absolute Gasteiger partial charge is 0.339 e. The number of rotatable bonds is 5. The first-order valence-corrected chi connectivity index (χ1v) is 7.46. The Morgan fingerprint density at radius 1 is 1.25 bits per heavy atom. The molecule has 1 N–H and O–H groups in total. The molecule has 1 aliphatic rings. The average Bonchev–Trinajstić information content (AvgIpc) is 3.09. The lowest BCUT2D eigenvalue weighted by molar-refractivity contribution is 0.329. The maximum Gasteiger partial charge on any atom is 0.231 e. The van der Waals surface area contributed by atoms with Crippen molar-refractivity contribution in [3.05, 3.63) is 47.6 Å². The SMILES string of the molecule is CCNC1CCCC1c1nc(Cc2ccccc2)no1. The summed E-state index contributed by atoms with van der Waals surface area (Å²) in [6.07, 6.45) is 4.32. The predicted molar refractivity (Wildman–Crippen MR) is 77.6 cm³/mol. The average molecular weight is 271 g/mol. The fraction of sp³-hybridized carbons (Fsp3) is 0.500. The number of nitrogens with zero attached hydrogens (tertiary/aromatic N) is 2. The second-order valence-corrected chi connectivity index (χ2v) is 5.41. The summed E-state index contributed by atoms with van der Waals surface area (Å²) in [6.45, 7) is 3.14. The molecule has 0 radical (unpaired) electrons. The van der Waals surface area contributed by atoms with E-state index in [0.717, 1.165) is 31.1 Å². The summed E-state index contributed by atoms with van der Waals surface area (Å²) in [4.78, 5) is 4.60. The number of likely N-dealkylation sites (N-methyl/N-ethyl adjacent to an activating group) is 1. The molecule has 1 heterocycles. The minimum absolute atomic E-state index is 0.381. The maximum atomic E-state index is 5.50. The van der Waals surface area contributed by atoms with Crippen molar-refractivity contribution in [2.45, 2.75) is 44.6 Å². The van der Waals surface area contributed by atoms with Gasteiger partial charge < -0.3 is 9.84 Å². The third kappa shape index (κ3) is 2.90. The van der Waals surface area contributed by atoms with Gasteiger partial charge in [-0.25, -0.2) is 0 Å². The van der Waals surface area contributed by atoms with Gasteiger partial charge in [0.05, 0.1) is 5.92 Å². The van der Waals surface area contributed by atoms with Gasteiger partial charge in [-0.1, -0.05) is 48.8 Å². The van der Waals surface area contributed by atoms with Crippen molar-refractivity contribution >= 4 is 0 Å². The second kappa shape index (κ2) is 6.18. The smallest absolute Gasteiger partial charge is 0.231 e. The van der Waals surface area contributed by atoms with E-state index in [1.807, 2.05) is 18.2 Å². The van der Waals surface area contributed by atoms with Gasteiger partial charge in [0.2, 0.25) is 5.89 Å². The molecule has 0 aliphatic heterocycles. The molecule has 1 aromatic carbocycles. The van der Waals surface area contributed by atoms with Crippen molar-refractivity contribution in [3.8, 4) is 0 Å². The van der Waals surface area contributed by atoms with Gasteiger partial charge in [0, 0.05) is 12.5 Å². The van der Waals surface area contributed by atoms with Crippen LogP contribution in [0.2, 0.25) is 0 Å². The van der Waals surface area contributed by atoms with Crippen molar-refractivity contribution in [1.29, 1.82) is 0 Å². The Morgan fingerprint density at radius 2 is 2.10 bits per heavy atom. The number of aromatic nitrogens is 2. The monoisotopic (exact) mass is 271 g/mol. The molecular formula is C16H21N3O. The Balaban J connectivity index is 1.70. The van der Waals surface area contributed by atoms with E-state index in [2.05, 4.69) is 34.5 Å². The molecule has 2 aromatic rings. The van der Waals surface area contributed by atoms with Crippen LogP contribution in [0.25, 0.3) is 0 Å². The van der Waals surface area contributed by atoms with E-state index in [1.54, 1.807) is 0 Å². The highest BCUT2D eigenvalue weighted by molar-refractivity contribution is 5.18. The quantitative estimate of drug-likeness (QED) is 0.908. The van der Waals surface area contributed by atoms with Crippen molar-refractivity contribution < 1.29 is 4.52 Å².